The third kappa shape index (κ3) is 5.11. The molecule has 1 heterocycles. The quantitative estimate of drug-likeness (QED) is 0.714. The number of hydrogen-bond acceptors (Lipinski definition) is 5. The molecule has 7 heteroatoms. The number of benzene rings is 1. The molecule has 1 aromatic heterocycles. The van der Waals surface area contributed by atoms with Gasteiger partial charge >= 0.3 is 0 Å². The fourth-order valence-electron chi connectivity index (χ4n) is 2.05. The molecular formula is C17H20ClN3O3. The van der Waals surface area contributed by atoms with Crippen LogP contribution in [0, 0.1) is 0 Å². The highest BCUT2D eigenvalue weighted by Gasteiger charge is 2.11. The summed E-state index contributed by atoms with van der Waals surface area (Å²) < 4.78 is 10.2. The lowest BCUT2D eigenvalue weighted by Gasteiger charge is -2.11. The van der Waals surface area contributed by atoms with Crippen molar-refractivity contribution in [3.63, 3.8) is 0 Å². The Balaban J connectivity index is 1.99. The van der Waals surface area contributed by atoms with E-state index in [0.717, 1.165) is 18.7 Å². The van der Waals surface area contributed by atoms with Gasteiger partial charge in [-0.3, -0.25) is 4.79 Å². The number of methoxy groups -OCH3 is 2. The molecule has 0 saturated carbocycles. The van der Waals surface area contributed by atoms with Gasteiger partial charge in [-0.2, -0.15) is 0 Å². The number of amides is 1. The molecule has 2 rings (SSSR count). The van der Waals surface area contributed by atoms with E-state index in [4.69, 9.17) is 21.1 Å². The van der Waals surface area contributed by atoms with Gasteiger partial charge in [0.15, 0.2) is 0 Å². The Hall–Kier alpha value is -2.31. The molecular weight excluding hydrogens is 330 g/mol. The molecule has 0 fully saturated rings. The van der Waals surface area contributed by atoms with Crippen molar-refractivity contribution in [3.05, 3.63) is 47.2 Å². The van der Waals surface area contributed by atoms with Crippen molar-refractivity contribution in [2.24, 2.45) is 0 Å². The number of rotatable bonds is 8. The average molecular weight is 350 g/mol. The zero-order valence-corrected chi connectivity index (χ0v) is 14.4. The fourth-order valence-corrected chi connectivity index (χ4v) is 2.22. The maximum Gasteiger partial charge on any atom is 0.274 e. The van der Waals surface area contributed by atoms with Crippen LogP contribution in [0.2, 0.25) is 5.02 Å². The van der Waals surface area contributed by atoms with Gasteiger partial charge < -0.3 is 20.1 Å². The smallest absolute Gasteiger partial charge is 0.274 e. The Morgan fingerprint density at radius 2 is 2.08 bits per heavy atom. The summed E-state index contributed by atoms with van der Waals surface area (Å²) in [6, 6.07) is 8.48. The number of aromatic nitrogens is 1. The lowest BCUT2D eigenvalue weighted by Crippen LogP contribution is -2.14. The lowest BCUT2D eigenvalue weighted by atomic mass is 10.2. The second-order valence-electron chi connectivity index (χ2n) is 5.00. The summed E-state index contributed by atoms with van der Waals surface area (Å²) in [7, 11) is 3.20. The lowest BCUT2D eigenvalue weighted by molar-refractivity contribution is 0.102. The molecule has 128 valence electrons. The number of anilines is 2. The number of carbonyl (C=O) groups is 1. The third-order valence-electron chi connectivity index (χ3n) is 3.26. The average Bonchev–Trinajstić information content (AvgIpc) is 2.59. The minimum absolute atomic E-state index is 0.305. The SMILES string of the molecule is COCCCNc1ccc(C(=O)Nc2cc(Cl)ccc2OC)nc1. The van der Waals surface area contributed by atoms with Gasteiger partial charge in [0.25, 0.3) is 5.91 Å². The van der Waals surface area contributed by atoms with Gasteiger partial charge in [0.2, 0.25) is 0 Å². The summed E-state index contributed by atoms with van der Waals surface area (Å²) in [5.41, 5.74) is 1.65. The van der Waals surface area contributed by atoms with Crippen molar-refractivity contribution in [1.82, 2.24) is 4.98 Å². The summed E-state index contributed by atoms with van der Waals surface area (Å²) in [5.74, 6) is 0.200. The Labute approximate surface area is 146 Å². The van der Waals surface area contributed by atoms with Crippen LogP contribution >= 0.6 is 11.6 Å². The van der Waals surface area contributed by atoms with E-state index < -0.39 is 0 Å². The number of carbonyl (C=O) groups excluding carboxylic acids is 1. The van der Waals surface area contributed by atoms with Gasteiger partial charge in [-0.25, -0.2) is 4.98 Å². The van der Waals surface area contributed by atoms with Crippen LogP contribution in [0.1, 0.15) is 16.9 Å². The zero-order chi connectivity index (χ0) is 17.4. The van der Waals surface area contributed by atoms with Crippen LogP contribution < -0.4 is 15.4 Å². The molecule has 0 bridgehead atoms. The van der Waals surface area contributed by atoms with Gasteiger partial charge in [0, 0.05) is 25.3 Å². The van der Waals surface area contributed by atoms with Gasteiger partial charge in [0.1, 0.15) is 11.4 Å². The molecule has 2 aromatic rings. The molecule has 0 radical (unpaired) electrons. The maximum absolute atomic E-state index is 12.3. The molecule has 0 spiro atoms. The Bertz CT molecular complexity index is 677. The topological polar surface area (TPSA) is 72.5 Å². The van der Waals surface area contributed by atoms with Crippen molar-refractivity contribution < 1.29 is 14.3 Å². The van der Waals surface area contributed by atoms with E-state index in [1.165, 1.54) is 7.11 Å². The molecule has 0 atom stereocenters. The Morgan fingerprint density at radius 3 is 2.75 bits per heavy atom. The van der Waals surface area contributed by atoms with E-state index >= 15 is 0 Å². The standard InChI is InChI=1S/C17H20ClN3O3/c1-23-9-3-8-19-13-5-6-14(20-11-13)17(22)21-15-10-12(18)4-7-16(15)24-2/h4-7,10-11,19H,3,8-9H2,1-2H3,(H,21,22). The molecule has 0 unspecified atom stereocenters. The summed E-state index contributed by atoms with van der Waals surface area (Å²) >= 11 is 5.96. The molecule has 0 aliphatic heterocycles. The van der Waals surface area contributed by atoms with E-state index in [-0.39, 0.29) is 5.91 Å². The van der Waals surface area contributed by atoms with Crippen LogP contribution in [0.25, 0.3) is 0 Å². The number of pyridine rings is 1. The predicted octanol–water partition coefficient (Wildman–Crippen LogP) is 3.44. The fraction of sp³-hybridized carbons (Fsp3) is 0.294. The molecule has 0 saturated heterocycles. The van der Waals surface area contributed by atoms with Gasteiger partial charge in [-0.05, 0) is 36.8 Å². The van der Waals surface area contributed by atoms with Crippen molar-refractivity contribution in [2.45, 2.75) is 6.42 Å². The molecule has 6 nitrogen and oxygen atoms in total. The number of nitrogens with one attached hydrogen (secondary N) is 2. The van der Waals surface area contributed by atoms with Crippen molar-refractivity contribution in [3.8, 4) is 5.75 Å². The highest BCUT2D eigenvalue weighted by Crippen LogP contribution is 2.28. The van der Waals surface area contributed by atoms with Gasteiger partial charge in [-0.1, -0.05) is 11.6 Å². The van der Waals surface area contributed by atoms with E-state index in [1.807, 2.05) is 6.07 Å². The molecule has 0 aliphatic rings. The molecule has 1 amide bonds. The van der Waals surface area contributed by atoms with E-state index in [1.54, 1.807) is 37.6 Å². The summed E-state index contributed by atoms with van der Waals surface area (Å²) in [6.07, 6.45) is 2.52. The van der Waals surface area contributed by atoms with E-state index in [9.17, 15) is 4.79 Å². The molecule has 0 aliphatic carbocycles. The second kappa shape index (κ2) is 9.10. The number of hydrogen-bond donors (Lipinski definition) is 2. The minimum atomic E-state index is -0.332. The first kappa shape index (κ1) is 18.0. The molecule has 2 N–H and O–H groups in total. The predicted molar refractivity (Wildman–Crippen MR) is 95.2 cm³/mol. The van der Waals surface area contributed by atoms with Crippen LogP contribution in [-0.2, 0) is 4.74 Å². The largest absolute Gasteiger partial charge is 0.495 e. The minimum Gasteiger partial charge on any atom is -0.495 e. The van der Waals surface area contributed by atoms with Crippen LogP contribution in [-0.4, -0.2) is 38.3 Å². The monoisotopic (exact) mass is 349 g/mol. The van der Waals surface area contributed by atoms with Crippen LogP contribution in [0.5, 0.6) is 5.75 Å². The number of halogens is 1. The van der Waals surface area contributed by atoms with Gasteiger partial charge in [0.05, 0.1) is 24.7 Å². The van der Waals surface area contributed by atoms with Crippen LogP contribution in [0.15, 0.2) is 36.5 Å². The Morgan fingerprint density at radius 1 is 1.25 bits per heavy atom. The Kier molecular flexibility index (Phi) is 6.84. The van der Waals surface area contributed by atoms with Crippen molar-refractivity contribution >= 4 is 28.9 Å². The summed E-state index contributed by atoms with van der Waals surface area (Å²) in [5, 5.41) is 6.47. The highest BCUT2D eigenvalue weighted by molar-refractivity contribution is 6.31. The first-order valence-corrected chi connectivity index (χ1v) is 7.85. The summed E-state index contributed by atoms with van der Waals surface area (Å²) in [6.45, 7) is 1.48. The third-order valence-corrected chi connectivity index (χ3v) is 3.50. The first-order valence-electron chi connectivity index (χ1n) is 7.48. The van der Waals surface area contributed by atoms with Crippen LogP contribution in [0.3, 0.4) is 0 Å². The van der Waals surface area contributed by atoms with Crippen molar-refractivity contribution in [1.29, 1.82) is 0 Å². The van der Waals surface area contributed by atoms with Crippen molar-refractivity contribution in [2.75, 3.05) is 38.0 Å². The number of ether oxygens (including phenoxy) is 2. The van der Waals surface area contributed by atoms with Crippen LogP contribution in [0.4, 0.5) is 11.4 Å². The van der Waals surface area contributed by atoms with Gasteiger partial charge in [-0.15, -0.1) is 0 Å². The summed E-state index contributed by atoms with van der Waals surface area (Å²) in [4.78, 5) is 16.5. The van der Waals surface area contributed by atoms with E-state index in [0.29, 0.717) is 28.8 Å². The normalized spacial score (nSPS) is 10.3. The maximum atomic E-state index is 12.3. The first-order chi connectivity index (χ1) is 11.6. The second-order valence-corrected chi connectivity index (χ2v) is 5.44. The highest BCUT2D eigenvalue weighted by atomic mass is 35.5. The molecule has 1 aromatic carbocycles. The number of nitrogens with zero attached hydrogens (tertiary/aromatic N) is 1. The molecule has 24 heavy (non-hydrogen) atoms. The zero-order valence-electron chi connectivity index (χ0n) is 13.6. The van der Waals surface area contributed by atoms with E-state index in [2.05, 4.69) is 15.6 Å².